The first-order valence-electron chi connectivity index (χ1n) is 7.33. The molecule has 0 radical (unpaired) electrons. The van der Waals surface area contributed by atoms with Gasteiger partial charge < -0.3 is 15.5 Å². The van der Waals surface area contributed by atoms with E-state index in [2.05, 4.69) is 11.9 Å². The minimum Gasteiger partial charge on any atom is -0.341 e. The first kappa shape index (κ1) is 15.0. The zero-order valence-corrected chi connectivity index (χ0v) is 12.5. The van der Waals surface area contributed by atoms with Crippen molar-refractivity contribution >= 4 is 5.91 Å². The van der Waals surface area contributed by atoms with E-state index in [0.717, 1.165) is 30.8 Å². The Morgan fingerprint density at radius 1 is 1.40 bits per heavy atom. The van der Waals surface area contributed by atoms with Crippen LogP contribution in [0.3, 0.4) is 0 Å². The van der Waals surface area contributed by atoms with Gasteiger partial charge in [-0.1, -0.05) is 12.1 Å². The van der Waals surface area contributed by atoms with Crippen LogP contribution in [-0.4, -0.2) is 49.4 Å². The molecule has 0 aromatic heterocycles. The Hall–Kier alpha value is -1.39. The van der Waals surface area contributed by atoms with Crippen LogP contribution in [0.4, 0.5) is 0 Å². The Labute approximate surface area is 121 Å². The number of nitrogens with two attached hydrogens (primary N) is 1. The van der Waals surface area contributed by atoms with Gasteiger partial charge in [0.1, 0.15) is 0 Å². The van der Waals surface area contributed by atoms with Gasteiger partial charge in [0.25, 0.3) is 5.91 Å². The number of benzene rings is 1. The smallest absolute Gasteiger partial charge is 0.253 e. The highest BCUT2D eigenvalue weighted by atomic mass is 16.2. The molecule has 1 aliphatic rings. The van der Waals surface area contributed by atoms with Crippen LogP contribution in [0.2, 0.25) is 0 Å². The minimum atomic E-state index is 0.0965. The van der Waals surface area contributed by atoms with Gasteiger partial charge in [-0.15, -0.1) is 0 Å². The van der Waals surface area contributed by atoms with Gasteiger partial charge in [0.2, 0.25) is 0 Å². The molecule has 4 heteroatoms. The van der Waals surface area contributed by atoms with Crippen molar-refractivity contribution in [2.45, 2.75) is 19.4 Å². The Kier molecular flexibility index (Phi) is 5.15. The van der Waals surface area contributed by atoms with E-state index in [1.165, 1.54) is 12.8 Å². The fourth-order valence-corrected chi connectivity index (χ4v) is 2.77. The van der Waals surface area contributed by atoms with Gasteiger partial charge in [0.15, 0.2) is 0 Å². The topological polar surface area (TPSA) is 49.6 Å². The number of piperidine rings is 1. The molecule has 0 atom stereocenters. The minimum absolute atomic E-state index is 0.0965. The number of amides is 1. The number of likely N-dealkylation sites (tertiary alicyclic amines) is 1. The number of nitrogens with zero attached hydrogens (tertiary/aromatic N) is 2. The molecule has 0 unspecified atom stereocenters. The lowest BCUT2D eigenvalue weighted by Gasteiger charge is -2.31. The van der Waals surface area contributed by atoms with E-state index < -0.39 is 0 Å². The molecule has 1 saturated heterocycles. The molecular weight excluding hydrogens is 250 g/mol. The van der Waals surface area contributed by atoms with Gasteiger partial charge in [-0.2, -0.15) is 0 Å². The van der Waals surface area contributed by atoms with Crippen LogP contribution in [0.5, 0.6) is 0 Å². The zero-order chi connectivity index (χ0) is 14.5. The van der Waals surface area contributed by atoms with Gasteiger partial charge >= 0.3 is 0 Å². The summed E-state index contributed by atoms with van der Waals surface area (Å²) in [5.41, 5.74) is 7.37. The predicted molar refractivity (Wildman–Crippen MR) is 81.5 cm³/mol. The van der Waals surface area contributed by atoms with E-state index in [0.29, 0.717) is 12.5 Å². The Balaban J connectivity index is 1.94. The second-order valence-electron chi connectivity index (χ2n) is 5.84. The summed E-state index contributed by atoms with van der Waals surface area (Å²) in [5.74, 6) is 0.720. The van der Waals surface area contributed by atoms with Gasteiger partial charge in [0.05, 0.1) is 0 Å². The summed E-state index contributed by atoms with van der Waals surface area (Å²) >= 11 is 0. The van der Waals surface area contributed by atoms with Crippen molar-refractivity contribution in [2.75, 3.05) is 33.7 Å². The quantitative estimate of drug-likeness (QED) is 0.907. The van der Waals surface area contributed by atoms with Crippen molar-refractivity contribution < 1.29 is 4.79 Å². The molecule has 20 heavy (non-hydrogen) atoms. The standard InChI is InChI=1S/C16H25N3O/c1-18-8-6-13(7-9-18)12-19(2)16(20)15-5-3-4-14(10-15)11-17/h3-5,10,13H,6-9,11-12,17H2,1-2H3. The van der Waals surface area contributed by atoms with Crippen molar-refractivity contribution in [3.8, 4) is 0 Å². The molecule has 4 nitrogen and oxygen atoms in total. The second kappa shape index (κ2) is 6.86. The summed E-state index contributed by atoms with van der Waals surface area (Å²) < 4.78 is 0. The van der Waals surface area contributed by atoms with E-state index in [-0.39, 0.29) is 5.91 Å². The highest BCUT2D eigenvalue weighted by Gasteiger charge is 2.21. The fourth-order valence-electron chi connectivity index (χ4n) is 2.77. The largest absolute Gasteiger partial charge is 0.341 e. The number of rotatable bonds is 4. The molecule has 1 heterocycles. The maximum Gasteiger partial charge on any atom is 0.253 e. The fraction of sp³-hybridized carbons (Fsp3) is 0.562. The van der Waals surface area contributed by atoms with Crippen LogP contribution in [0.15, 0.2) is 24.3 Å². The third-order valence-corrected chi connectivity index (χ3v) is 4.13. The van der Waals surface area contributed by atoms with Gasteiger partial charge in [0, 0.05) is 25.7 Å². The second-order valence-corrected chi connectivity index (χ2v) is 5.84. The van der Waals surface area contributed by atoms with Gasteiger partial charge in [-0.25, -0.2) is 0 Å². The highest BCUT2D eigenvalue weighted by molar-refractivity contribution is 5.94. The summed E-state index contributed by atoms with van der Waals surface area (Å²) in [5, 5.41) is 0. The van der Waals surface area contributed by atoms with Crippen LogP contribution >= 0.6 is 0 Å². The molecule has 1 aromatic rings. The van der Waals surface area contributed by atoms with Gasteiger partial charge in [-0.3, -0.25) is 4.79 Å². The number of carbonyl (C=O) groups is 1. The average Bonchev–Trinajstić information content (AvgIpc) is 2.48. The molecule has 1 amide bonds. The monoisotopic (exact) mass is 275 g/mol. The maximum absolute atomic E-state index is 12.4. The van der Waals surface area contributed by atoms with Gasteiger partial charge in [-0.05, 0) is 56.6 Å². The van der Waals surface area contributed by atoms with Crippen molar-refractivity contribution in [3.63, 3.8) is 0 Å². The number of hydrogen-bond acceptors (Lipinski definition) is 3. The molecule has 2 N–H and O–H groups in total. The molecule has 1 aromatic carbocycles. The first-order chi connectivity index (χ1) is 9.60. The third-order valence-electron chi connectivity index (χ3n) is 4.13. The Bertz CT molecular complexity index is 453. The summed E-state index contributed by atoms with van der Waals surface area (Å²) in [6, 6.07) is 7.62. The van der Waals surface area contributed by atoms with Crippen LogP contribution in [0.25, 0.3) is 0 Å². The lowest BCUT2D eigenvalue weighted by atomic mass is 9.96. The van der Waals surface area contributed by atoms with Crippen LogP contribution in [0, 0.1) is 5.92 Å². The van der Waals surface area contributed by atoms with Crippen molar-refractivity contribution in [3.05, 3.63) is 35.4 Å². The number of carbonyl (C=O) groups excluding carboxylic acids is 1. The molecule has 0 spiro atoms. The summed E-state index contributed by atoms with van der Waals surface area (Å²) in [7, 11) is 4.05. The molecule has 1 aliphatic heterocycles. The Morgan fingerprint density at radius 2 is 2.10 bits per heavy atom. The van der Waals surface area contributed by atoms with Crippen molar-refractivity contribution in [2.24, 2.45) is 11.7 Å². The molecule has 2 rings (SSSR count). The first-order valence-corrected chi connectivity index (χ1v) is 7.33. The molecule has 0 aliphatic carbocycles. The average molecular weight is 275 g/mol. The van der Waals surface area contributed by atoms with Crippen molar-refractivity contribution in [1.82, 2.24) is 9.80 Å². The van der Waals surface area contributed by atoms with E-state index in [1.807, 2.05) is 36.2 Å². The highest BCUT2D eigenvalue weighted by Crippen LogP contribution is 2.18. The van der Waals surface area contributed by atoms with E-state index in [9.17, 15) is 4.79 Å². The molecular formula is C16H25N3O. The zero-order valence-electron chi connectivity index (χ0n) is 12.5. The van der Waals surface area contributed by atoms with Crippen LogP contribution in [0.1, 0.15) is 28.8 Å². The molecule has 0 saturated carbocycles. The van der Waals surface area contributed by atoms with Crippen LogP contribution in [-0.2, 0) is 6.54 Å². The molecule has 0 bridgehead atoms. The summed E-state index contributed by atoms with van der Waals surface area (Å²) in [6.45, 7) is 3.59. The maximum atomic E-state index is 12.4. The predicted octanol–water partition coefficient (Wildman–Crippen LogP) is 1.56. The Morgan fingerprint density at radius 3 is 2.75 bits per heavy atom. The molecule has 110 valence electrons. The summed E-state index contributed by atoms with van der Waals surface area (Å²) in [4.78, 5) is 16.6. The van der Waals surface area contributed by atoms with E-state index in [4.69, 9.17) is 5.73 Å². The third kappa shape index (κ3) is 3.81. The van der Waals surface area contributed by atoms with E-state index >= 15 is 0 Å². The summed E-state index contributed by atoms with van der Waals surface area (Å²) in [6.07, 6.45) is 2.36. The lowest BCUT2D eigenvalue weighted by Crippen LogP contribution is -2.38. The van der Waals surface area contributed by atoms with E-state index in [1.54, 1.807) is 0 Å². The van der Waals surface area contributed by atoms with Crippen molar-refractivity contribution in [1.29, 1.82) is 0 Å². The molecule has 1 fully saturated rings. The SMILES string of the molecule is CN1CCC(CN(C)C(=O)c2cccc(CN)c2)CC1. The lowest BCUT2D eigenvalue weighted by molar-refractivity contribution is 0.0747. The van der Waals surface area contributed by atoms with Crippen LogP contribution < -0.4 is 5.73 Å². The normalized spacial score (nSPS) is 17.1. The number of hydrogen-bond donors (Lipinski definition) is 1.